The molecule has 0 fully saturated rings. The standard InChI is InChI=1S/C19H38O7S.Na.H/c1-3-5-6-7-8-9-10-11-12-14-19(20)15-13-16-23-17-18-24-26-27(21,22)25-4-2;;/h3-18H2,1-2H3;;. The molecule has 7 nitrogen and oxygen atoms in total. The fourth-order valence-electron chi connectivity index (χ4n) is 2.58. The van der Waals surface area contributed by atoms with Gasteiger partial charge in [0.1, 0.15) is 12.4 Å². The molecule has 0 saturated heterocycles. The van der Waals surface area contributed by atoms with Gasteiger partial charge in [0.05, 0.1) is 13.2 Å². The zero-order valence-electron chi connectivity index (χ0n) is 17.1. The molecule has 9 heteroatoms. The number of carbonyl (C=O) groups excluding carboxylic acids is 1. The molecule has 0 aliphatic rings. The fraction of sp³-hybridized carbons (Fsp3) is 0.947. The minimum absolute atomic E-state index is 0. The Kier molecular flexibility index (Phi) is 24.3. The first kappa shape index (κ1) is 30.7. The molecule has 28 heavy (non-hydrogen) atoms. The van der Waals surface area contributed by atoms with E-state index in [2.05, 4.69) is 20.3 Å². The molecule has 0 bridgehead atoms. The maximum atomic E-state index is 11.8. The Labute approximate surface area is 193 Å². The number of hydrogen-bond donors (Lipinski definition) is 0. The average molecular weight is 435 g/mol. The van der Waals surface area contributed by atoms with Crippen LogP contribution in [-0.2, 0) is 33.3 Å². The van der Waals surface area contributed by atoms with E-state index in [-0.39, 0.29) is 55.2 Å². The van der Waals surface area contributed by atoms with E-state index >= 15 is 0 Å². The topological polar surface area (TPSA) is 88.1 Å². The number of ether oxygens (including phenoxy) is 1. The van der Waals surface area contributed by atoms with Crippen LogP contribution < -0.4 is 0 Å². The van der Waals surface area contributed by atoms with Crippen LogP contribution in [0.3, 0.4) is 0 Å². The summed E-state index contributed by atoms with van der Waals surface area (Å²) in [4.78, 5) is 16.3. The SMILES string of the molecule is CCCCCCCCCCCC(=O)CCCOCCOOS(=O)(=O)OCC.[NaH]. The third-order valence-corrected chi connectivity index (χ3v) is 4.80. The van der Waals surface area contributed by atoms with Crippen LogP contribution in [0.15, 0.2) is 0 Å². The Morgan fingerprint density at radius 3 is 1.93 bits per heavy atom. The first-order chi connectivity index (χ1) is 13.0. The molecule has 0 aromatic carbocycles. The molecule has 0 rings (SSSR count). The Morgan fingerprint density at radius 2 is 1.32 bits per heavy atom. The normalized spacial score (nSPS) is 11.4. The van der Waals surface area contributed by atoms with Gasteiger partial charge < -0.3 is 4.74 Å². The van der Waals surface area contributed by atoms with Crippen molar-refractivity contribution in [2.75, 3.05) is 26.4 Å². The van der Waals surface area contributed by atoms with Crippen molar-refractivity contribution < 1.29 is 31.4 Å². The van der Waals surface area contributed by atoms with Crippen molar-refractivity contribution >= 4 is 45.7 Å². The summed E-state index contributed by atoms with van der Waals surface area (Å²) in [6.07, 6.45) is 13.1. The molecule has 0 heterocycles. The molecule has 0 unspecified atom stereocenters. The molecule has 0 atom stereocenters. The van der Waals surface area contributed by atoms with Crippen molar-refractivity contribution in [1.29, 1.82) is 0 Å². The van der Waals surface area contributed by atoms with Gasteiger partial charge in [0.15, 0.2) is 0 Å². The number of hydrogen-bond acceptors (Lipinski definition) is 7. The molecule has 0 aliphatic heterocycles. The Morgan fingerprint density at radius 1 is 0.750 bits per heavy atom. The van der Waals surface area contributed by atoms with E-state index in [4.69, 9.17) is 4.74 Å². The molecule has 0 radical (unpaired) electrons. The molecule has 0 N–H and O–H groups in total. The molecule has 0 aliphatic carbocycles. The van der Waals surface area contributed by atoms with E-state index in [1.54, 1.807) is 0 Å². The second kappa shape index (κ2) is 22.2. The van der Waals surface area contributed by atoms with Crippen molar-refractivity contribution in [2.24, 2.45) is 0 Å². The summed E-state index contributed by atoms with van der Waals surface area (Å²) < 4.78 is 35.7. The van der Waals surface area contributed by atoms with Gasteiger partial charge in [-0.1, -0.05) is 62.6 Å². The molecular formula is C19H39NaO7S. The van der Waals surface area contributed by atoms with E-state index in [9.17, 15) is 13.2 Å². The first-order valence-electron chi connectivity index (χ1n) is 10.3. The van der Waals surface area contributed by atoms with Gasteiger partial charge in [0.2, 0.25) is 0 Å². The van der Waals surface area contributed by atoms with Crippen molar-refractivity contribution in [2.45, 2.75) is 90.9 Å². The Hall–Kier alpha value is 0.460. The predicted octanol–water partition coefficient (Wildman–Crippen LogP) is 3.85. The molecule has 0 aromatic heterocycles. The number of ketones is 1. The summed E-state index contributed by atoms with van der Waals surface area (Å²) in [5.41, 5.74) is 0. The van der Waals surface area contributed by atoms with Crippen LogP contribution in [0.2, 0.25) is 0 Å². The van der Waals surface area contributed by atoms with Gasteiger partial charge in [-0.15, -0.1) is 0 Å². The quantitative estimate of drug-likeness (QED) is 0.117. The molecule has 0 aromatic rings. The predicted molar refractivity (Wildman–Crippen MR) is 112 cm³/mol. The van der Waals surface area contributed by atoms with Crippen molar-refractivity contribution in [3.63, 3.8) is 0 Å². The van der Waals surface area contributed by atoms with Crippen LogP contribution in [0.25, 0.3) is 0 Å². The van der Waals surface area contributed by atoms with E-state index in [1.165, 1.54) is 51.9 Å². The zero-order chi connectivity index (χ0) is 20.2. The van der Waals surface area contributed by atoms with Crippen LogP contribution in [0.1, 0.15) is 90.9 Å². The van der Waals surface area contributed by atoms with Gasteiger partial charge in [-0.3, -0.25) is 4.79 Å². The monoisotopic (exact) mass is 434 g/mol. The summed E-state index contributed by atoms with van der Waals surface area (Å²) in [7, 11) is -4.08. The summed E-state index contributed by atoms with van der Waals surface area (Å²) in [5.74, 6) is 0.281. The van der Waals surface area contributed by atoms with E-state index in [0.717, 1.165) is 12.8 Å². The molecular weight excluding hydrogens is 395 g/mol. The molecule has 0 spiro atoms. The number of carbonyl (C=O) groups is 1. The van der Waals surface area contributed by atoms with Crippen LogP contribution in [0.4, 0.5) is 0 Å². The van der Waals surface area contributed by atoms with Crippen molar-refractivity contribution in [1.82, 2.24) is 0 Å². The number of Topliss-reactive ketones (excluding diaryl/α,β-unsaturated/α-hetero) is 1. The van der Waals surface area contributed by atoms with Gasteiger partial charge in [0, 0.05) is 19.4 Å². The van der Waals surface area contributed by atoms with Gasteiger partial charge in [-0.25, -0.2) is 9.07 Å². The molecule has 164 valence electrons. The summed E-state index contributed by atoms with van der Waals surface area (Å²) in [5, 5.41) is 0. The van der Waals surface area contributed by atoms with Gasteiger partial charge >= 0.3 is 40.0 Å². The van der Waals surface area contributed by atoms with Gasteiger partial charge in [-0.05, 0) is 19.8 Å². The summed E-state index contributed by atoms with van der Waals surface area (Å²) in [6.45, 7) is 4.33. The maximum absolute atomic E-state index is 11.8. The Balaban J connectivity index is 0. The summed E-state index contributed by atoms with van der Waals surface area (Å²) in [6, 6.07) is 0. The molecule has 0 saturated carbocycles. The van der Waals surface area contributed by atoms with Crippen molar-refractivity contribution in [3.05, 3.63) is 0 Å². The van der Waals surface area contributed by atoms with Gasteiger partial charge in [-0.2, -0.15) is 8.42 Å². The third kappa shape index (κ3) is 22.7. The first-order valence-corrected chi connectivity index (χ1v) is 11.6. The third-order valence-electron chi connectivity index (χ3n) is 4.01. The van der Waals surface area contributed by atoms with Gasteiger partial charge in [0.25, 0.3) is 0 Å². The number of unbranched alkanes of at least 4 members (excludes halogenated alkanes) is 8. The second-order valence-electron chi connectivity index (χ2n) is 6.54. The van der Waals surface area contributed by atoms with E-state index < -0.39 is 10.4 Å². The van der Waals surface area contributed by atoms with Crippen LogP contribution in [-0.4, -0.2) is 70.2 Å². The van der Waals surface area contributed by atoms with Crippen molar-refractivity contribution in [3.8, 4) is 0 Å². The fourth-order valence-corrected chi connectivity index (χ4v) is 3.10. The van der Waals surface area contributed by atoms with Crippen LogP contribution >= 0.6 is 0 Å². The minimum atomic E-state index is -4.08. The molecule has 0 amide bonds. The average Bonchev–Trinajstić information content (AvgIpc) is 2.62. The van der Waals surface area contributed by atoms with E-state index in [0.29, 0.717) is 25.9 Å². The zero-order valence-corrected chi connectivity index (χ0v) is 17.9. The number of rotatable bonds is 21. The second-order valence-corrected chi connectivity index (χ2v) is 7.73. The van der Waals surface area contributed by atoms with Crippen LogP contribution in [0.5, 0.6) is 0 Å². The van der Waals surface area contributed by atoms with E-state index in [1.807, 2.05) is 0 Å². The summed E-state index contributed by atoms with van der Waals surface area (Å²) >= 11 is 0. The Bertz CT molecular complexity index is 444. The van der Waals surface area contributed by atoms with Crippen LogP contribution in [0, 0.1) is 0 Å².